The Morgan fingerprint density at radius 1 is 0.274 bits per heavy atom. The molecule has 0 amide bonds. The fourth-order valence-electron chi connectivity index (χ4n) is 6.30. The zero-order valence-corrected chi connectivity index (χ0v) is 58.3. The Morgan fingerprint density at radius 3 is 0.681 bits per heavy atom. The molecule has 0 unspecified atom stereocenters. The van der Waals surface area contributed by atoms with Gasteiger partial charge in [-0.05, 0) is 35.4 Å². The maximum Gasteiger partial charge on any atom is 2.00 e. The van der Waals surface area contributed by atoms with Crippen LogP contribution in [0.2, 0.25) is 0 Å². The van der Waals surface area contributed by atoms with Crippen molar-refractivity contribution in [3.63, 3.8) is 0 Å². The molecule has 113 heavy (non-hydrogen) atoms. The van der Waals surface area contributed by atoms with E-state index in [4.69, 9.17) is 9.47 Å². The number of esters is 8. The average molecular weight is 1730 g/mol. The third kappa shape index (κ3) is 32.6. The van der Waals surface area contributed by atoms with Crippen LogP contribution in [0.5, 0.6) is 11.5 Å². The van der Waals surface area contributed by atoms with E-state index < -0.39 is 188 Å². The van der Waals surface area contributed by atoms with Gasteiger partial charge in [0.2, 0.25) is 5.41 Å². The van der Waals surface area contributed by atoms with Crippen LogP contribution in [0, 0.1) is 0 Å². The van der Waals surface area contributed by atoms with E-state index in [1.807, 2.05) is 4.74 Å². The topological polar surface area (TPSA) is 257 Å². The first kappa shape index (κ1) is 108. The van der Waals surface area contributed by atoms with Crippen molar-refractivity contribution >= 4 is 85.5 Å². The number of hydrogen-bond donors (Lipinski definition) is 0. The molecule has 52 heteroatoms. The SMILES string of the molecule is C=CC(=O)OCC(F)(F)C(F)(F)C(F)(F)C(F)(F)COC(=O)C=C.C=CC(=O)OCC(F)(F)C(F)(F)COC(=O)C=C.C=CC(=O)OCC(F)(F)OC(F)(F)C(F)(F)OC(F)(F)C(F)(F)OC(F)(F)COC(=O)C=C.C=CC(=O)OCCOc1ccc(C(c2ccc(OCCOC(=O)C=C)cc2)(C(F)(F)F)C(F)(F)F)cc1.[Ca+2].[H-].[H-]. The summed E-state index contributed by atoms with van der Waals surface area (Å²) in [4.78, 5) is 85.1. The van der Waals surface area contributed by atoms with E-state index in [9.17, 15) is 170 Å². The Morgan fingerprint density at radius 2 is 0.469 bits per heavy atom. The van der Waals surface area contributed by atoms with Gasteiger partial charge >= 0.3 is 170 Å². The first-order valence-electron chi connectivity index (χ1n) is 28.3. The standard InChI is InChI=1S/C25H22F6O6.C14H10F12O7.C12H10F8O4.C10H10F4O4.Ca.2H/c1-3-21(32)36-15-13-34-19-9-5-17(6-10-19)23(24(26,27)28,25(29,30)31)18-7-11-20(12-8-18)35-14-16-37-22(33)4-2;1-3-7(27)29-5-9(15,16)31-11(19,20)13(23,24)33-14(25,26)12(21,22)32-10(17,18)6-30-8(28)4-2;1-3-7(21)23-5-9(13,14)11(17,18)12(19,20)10(15,16)6-24-8(22)4-2;1-3-7(15)17-5-9(11,12)10(13,14)6-18-8(16)4-2;;;/h3-12H,1-2,13-16H2;3-4H,1-2,5-6H2;3-4H,1-2,5-6H2;3-4H,1-2,5-6H2;;;/q;;;;+2;2*-1. The maximum atomic E-state index is 14.3. The number of halogens is 30. The molecule has 2 rings (SSSR count). The summed E-state index contributed by atoms with van der Waals surface area (Å²) >= 11 is 0. The van der Waals surface area contributed by atoms with Gasteiger partial charge in [-0.25, -0.2) is 52.6 Å². The zero-order chi connectivity index (χ0) is 88.0. The van der Waals surface area contributed by atoms with Gasteiger partial charge in [0.05, 0.1) is 0 Å². The number of rotatable bonds is 42. The minimum Gasteiger partial charge on any atom is -1.00 e. The molecule has 0 aromatic heterocycles. The molecular weight excluding hydrogens is 1680 g/mol. The Kier molecular flexibility index (Phi) is 41.9. The van der Waals surface area contributed by atoms with E-state index in [1.165, 1.54) is 0 Å². The van der Waals surface area contributed by atoms with Crippen molar-refractivity contribution in [3.8, 4) is 11.5 Å². The minimum atomic E-state index is -7.06. The third-order valence-electron chi connectivity index (χ3n) is 11.6. The summed E-state index contributed by atoms with van der Waals surface area (Å²) in [5, 5.41) is 0. The van der Waals surface area contributed by atoms with Crippen molar-refractivity contribution in [2.24, 2.45) is 0 Å². The van der Waals surface area contributed by atoms with Gasteiger partial charge in [0.15, 0.2) is 39.6 Å². The summed E-state index contributed by atoms with van der Waals surface area (Å²) < 4.78 is 449. The van der Waals surface area contributed by atoms with Crippen molar-refractivity contribution in [2.75, 3.05) is 66.1 Å². The minimum absolute atomic E-state index is 0. The fraction of sp³-hybridized carbons (Fsp3) is 0.410. The molecule has 0 saturated carbocycles. The molecule has 0 aliphatic heterocycles. The van der Waals surface area contributed by atoms with Crippen LogP contribution >= 0.6 is 0 Å². The summed E-state index contributed by atoms with van der Waals surface area (Å²) in [6.07, 6.45) is -46.5. The second-order valence-electron chi connectivity index (χ2n) is 19.7. The van der Waals surface area contributed by atoms with Crippen LogP contribution in [0.15, 0.2) is 150 Å². The van der Waals surface area contributed by atoms with Crippen LogP contribution in [-0.4, -0.2) is 236 Å². The van der Waals surface area contributed by atoms with Gasteiger partial charge in [-0.15, -0.1) is 0 Å². The molecule has 0 atom stereocenters. The molecule has 2 aromatic carbocycles. The van der Waals surface area contributed by atoms with E-state index in [0.717, 1.165) is 36.4 Å². The number of ether oxygens (including phenoxy) is 13. The smallest absolute Gasteiger partial charge is 1.00 e. The number of alkyl halides is 30. The molecule has 21 nitrogen and oxygen atoms in total. The van der Waals surface area contributed by atoms with Crippen LogP contribution in [0.25, 0.3) is 0 Å². The van der Waals surface area contributed by atoms with Crippen LogP contribution in [0.4, 0.5) is 132 Å². The first-order valence-corrected chi connectivity index (χ1v) is 28.3. The van der Waals surface area contributed by atoms with Crippen LogP contribution in [0.1, 0.15) is 14.0 Å². The van der Waals surface area contributed by atoms with E-state index in [1.54, 1.807) is 0 Å². The van der Waals surface area contributed by atoms with E-state index in [-0.39, 0.29) is 103 Å². The third-order valence-corrected chi connectivity index (χ3v) is 11.6. The Labute approximate surface area is 646 Å². The number of carbonyl (C=O) groups excluding carboxylic acids is 8. The molecule has 2 aromatic rings. The van der Waals surface area contributed by atoms with Crippen molar-refractivity contribution in [1.29, 1.82) is 0 Å². The predicted octanol–water partition coefficient (Wildman–Crippen LogP) is 13.9. The van der Waals surface area contributed by atoms with Gasteiger partial charge in [0.1, 0.15) is 37.9 Å². The van der Waals surface area contributed by atoms with Gasteiger partial charge in [0, 0.05) is 48.6 Å². The molecule has 0 spiro atoms. The second-order valence-corrected chi connectivity index (χ2v) is 19.7. The van der Waals surface area contributed by atoms with Gasteiger partial charge in [-0.2, -0.15) is 132 Å². The van der Waals surface area contributed by atoms with Crippen molar-refractivity contribution in [1.82, 2.24) is 0 Å². The molecular formula is C61H54CaF30O21. The normalized spacial score (nSPS) is 12.6. The maximum absolute atomic E-state index is 14.3. The molecule has 0 saturated heterocycles. The van der Waals surface area contributed by atoms with Gasteiger partial charge in [-0.3, -0.25) is 0 Å². The average Bonchev–Trinajstić information content (AvgIpc) is 0.720. The van der Waals surface area contributed by atoms with Crippen LogP contribution in [0.3, 0.4) is 0 Å². The second kappa shape index (κ2) is 43.9. The van der Waals surface area contributed by atoms with E-state index in [2.05, 4.69) is 100 Å². The van der Waals surface area contributed by atoms with Gasteiger partial charge in [-0.1, -0.05) is 76.9 Å². The molecule has 0 N–H and O–H groups in total. The Bertz CT molecular complexity index is 3350. The summed E-state index contributed by atoms with van der Waals surface area (Å²) in [6, 6.07) is 6.51. The molecule has 0 fully saturated rings. The fourth-order valence-corrected chi connectivity index (χ4v) is 6.30. The summed E-state index contributed by atoms with van der Waals surface area (Å²) in [5.74, 6) is -45.1. The number of carbonyl (C=O) groups is 8. The van der Waals surface area contributed by atoms with E-state index in [0.29, 0.717) is 36.4 Å². The molecule has 0 aliphatic rings. The van der Waals surface area contributed by atoms with Crippen molar-refractivity contribution in [2.45, 2.75) is 90.0 Å². The Balaban J connectivity index is -0.000000479. The number of benzene rings is 2. The number of hydrogen-bond acceptors (Lipinski definition) is 21. The van der Waals surface area contributed by atoms with Crippen molar-refractivity contribution < 1.29 is 235 Å². The summed E-state index contributed by atoms with van der Waals surface area (Å²) in [5.41, 5.74) is -6.51. The molecule has 0 bridgehead atoms. The predicted molar refractivity (Wildman–Crippen MR) is 317 cm³/mol. The quantitative estimate of drug-likeness (QED) is 0.0149. The Hall–Kier alpha value is -9.24. The van der Waals surface area contributed by atoms with Gasteiger partial charge in [0.25, 0.3) is 0 Å². The first-order chi connectivity index (χ1) is 50.7. The monoisotopic (exact) mass is 1730 g/mol. The van der Waals surface area contributed by atoms with Crippen LogP contribution < -0.4 is 9.47 Å². The molecule has 0 aliphatic carbocycles. The van der Waals surface area contributed by atoms with Crippen LogP contribution in [-0.2, 0) is 95.9 Å². The van der Waals surface area contributed by atoms with Crippen molar-refractivity contribution in [3.05, 3.63) is 161 Å². The zero-order valence-electron chi connectivity index (χ0n) is 58.1. The molecule has 0 heterocycles. The van der Waals surface area contributed by atoms with Gasteiger partial charge < -0.3 is 50.2 Å². The molecule has 636 valence electrons. The summed E-state index contributed by atoms with van der Waals surface area (Å²) in [6.45, 7) is 8.35. The largest absolute Gasteiger partial charge is 2.00 e. The van der Waals surface area contributed by atoms with E-state index >= 15 is 0 Å². The summed E-state index contributed by atoms with van der Waals surface area (Å²) in [7, 11) is 0. The molecule has 0 radical (unpaired) electrons.